The molecule has 1 aromatic carbocycles. The fourth-order valence-electron chi connectivity index (χ4n) is 1.39. The lowest BCUT2D eigenvalue weighted by Crippen LogP contribution is -2.13. The Kier molecular flexibility index (Phi) is 5.24. The number of nitrogens with one attached hydrogen (secondary N) is 1. The number of carbonyl (C=O) groups excluding carboxylic acids is 1. The van der Waals surface area contributed by atoms with E-state index < -0.39 is 0 Å². The molecule has 0 heterocycles. The van der Waals surface area contributed by atoms with Crippen molar-refractivity contribution in [1.29, 1.82) is 0 Å². The van der Waals surface area contributed by atoms with E-state index in [1.54, 1.807) is 20.2 Å². The van der Waals surface area contributed by atoms with Crippen LogP contribution in [0.4, 0.5) is 0 Å². The number of rotatable bonds is 5. The van der Waals surface area contributed by atoms with Crippen LogP contribution < -0.4 is 14.8 Å². The Morgan fingerprint density at radius 2 is 2.06 bits per heavy atom. The van der Waals surface area contributed by atoms with Gasteiger partial charge in [-0.2, -0.15) is 0 Å². The van der Waals surface area contributed by atoms with Gasteiger partial charge in [0.05, 0.1) is 13.2 Å². The normalized spacial score (nSPS) is 10.7. The maximum atomic E-state index is 11.1. The maximum absolute atomic E-state index is 11.1. The van der Waals surface area contributed by atoms with Crippen LogP contribution in [0.15, 0.2) is 24.3 Å². The van der Waals surface area contributed by atoms with Crippen LogP contribution in [0.5, 0.6) is 11.5 Å². The first-order valence-electron chi connectivity index (χ1n) is 5.81. The Bertz CT molecular complexity index is 439. The Balaban J connectivity index is 2.91. The molecule has 0 aliphatic carbocycles. The van der Waals surface area contributed by atoms with Gasteiger partial charge < -0.3 is 14.8 Å². The van der Waals surface area contributed by atoms with Gasteiger partial charge in [-0.25, -0.2) is 0 Å². The van der Waals surface area contributed by atoms with Crippen LogP contribution in [0.25, 0.3) is 6.08 Å². The lowest BCUT2D eigenvalue weighted by Gasteiger charge is -2.13. The third-order valence-electron chi connectivity index (χ3n) is 2.22. The highest BCUT2D eigenvalue weighted by molar-refractivity contribution is 5.91. The number of ether oxygens (including phenoxy) is 2. The van der Waals surface area contributed by atoms with Crippen LogP contribution in [0.2, 0.25) is 0 Å². The third-order valence-corrected chi connectivity index (χ3v) is 2.22. The Morgan fingerprint density at radius 1 is 1.33 bits per heavy atom. The molecular formula is C14H19NO3. The Morgan fingerprint density at radius 3 is 2.61 bits per heavy atom. The summed E-state index contributed by atoms with van der Waals surface area (Å²) in [5, 5.41) is 2.52. The highest BCUT2D eigenvalue weighted by Gasteiger charge is 2.06. The first-order valence-corrected chi connectivity index (χ1v) is 5.81. The van der Waals surface area contributed by atoms with E-state index in [9.17, 15) is 4.79 Å². The van der Waals surface area contributed by atoms with Gasteiger partial charge in [0, 0.05) is 13.1 Å². The second-order valence-electron chi connectivity index (χ2n) is 4.02. The van der Waals surface area contributed by atoms with Crippen molar-refractivity contribution in [3.63, 3.8) is 0 Å². The molecule has 18 heavy (non-hydrogen) atoms. The SMILES string of the molecule is CNC(=O)/C=C/c1ccc(OC(C)C)c(OC)c1. The number of likely N-dealkylation sites (N-methyl/N-ethyl adjacent to an activating group) is 1. The highest BCUT2D eigenvalue weighted by atomic mass is 16.5. The van der Waals surface area contributed by atoms with Gasteiger partial charge in [-0.3, -0.25) is 4.79 Å². The van der Waals surface area contributed by atoms with E-state index in [2.05, 4.69) is 5.32 Å². The number of benzene rings is 1. The van der Waals surface area contributed by atoms with Crippen molar-refractivity contribution in [2.45, 2.75) is 20.0 Å². The van der Waals surface area contributed by atoms with Crippen LogP contribution in [-0.4, -0.2) is 26.2 Å². The zero-order chi connectivity index (χ0) is 13.5. The van der Waals surface area contributed by atoms with E-state index in [0.717, 1.165) is 5.56 Å². The monoisotopic (exact) mass is 249 g/mol. The average Bonchev–Trinajstić information content (AvgIpc) is 2.36. The van der Waals surface area contributed by atoms with Gasteiger partial charge in [0.1, 0.15) is 0 Å². The van der Waals surface area contributed by atoms with Crippen LogP contribution in [-0.2, 0) is 4.79 Å². The molecule has 0 bridgehead atoms. The topological polar surface area (TPSA) is 47.6 Å². The van der Waals surface area contributed by atoms with Crippen molar-refractivity contribution in [1.82, 2.24) is 5.32 Å². The summed E-state index contributed by atoms with van der Waals surface area (Å²) < 4.78 is 10.9. The largest absolute Gasteiger partial charge is 0.493 e. The Hall–Kier alpha value is -1.97. The van der Waals surface area contributed by atoms with Gasteiger partial charge in [-0.05, 0) is 37.6 Å². The minimum Gasteiger partial charge on any atom is -0.493 e. The minimum atomic E-state index is -0.142. The van der Waals surface area contributed by atoms with Gasteiger partial charge in [-0.1, -0.05) is 6.07 Å². The molecule has 0 fully saturated rings. The predicted octanol–water partition coefficient (Wildman–Crippen LogP) is 2.24. The quantitative estimate of drug-likeness (QED) is 0.814. The van der Waals surface area contributed by atoms with Gasteiger partial charge in [0.25, 0.3) is 0 Å². The molecule has 1 N–H and O–H groups in total. The molecule has 0 unspecified atom stereocenters. The van der Waals surface area contributed by atoms with Crippen LogP contribution in [0.3, 0.4) is 0 Å². The van der Waals surface area contributed by atoms with Crippen molar-refractivity contribution < 1.29 is 14.3 Å². The van der Waals surface area contributed by atoms with E-state index in [-0.39, 0.29) is 12.0 Å². The standard InChI is InChI=1S/C14H19NO3/c1-10(2)18-12-7-5-11(9-13(12)17-4)6-8-14(16)15-3/h5-10H,1-4H3,(H,15,16)/b8-6+. The van der Waals surface area contributed by atoms with Crippen molar-refractivity contribution in [2.24, 2.45) is 0 Å². The molecule has 0 spiro atoms. The fourth-order valence-corrected chi connectivity index (χ4v) is 1.39. The van der Waals surface area contributed by atoms with Gasteiger partial charge in [-0.15, -0.1) is 0 Å². The van der Waals surface area contributed by atoms with Crippen molar-refractivity contribution >= 4 is 12.0 Å². The number of hydrogen-bond acceptors (Lipinski definition) is 3. The molecule has 0 aliphatic heterocycles. The predicted molar refractivity (Wildman–Crippen MR) is 71.9 cm³/mol. The zero-order valence-electron chi connectivity index (χ0n) is 11.2. The highest BCUT2D eigenvalue weighted by Crippen LogP contribution is 2.29. The molecule has 0 saturated heterocycles. The first kappa shape index (κ1) is 14.1. The van der Waals surface area contributed by atoms with Crippen LogP contribution in [0, 0.1) is 0 Å². The molecule has 98 valence electrons. The second-order valence-corrected chi connectivity index (χ2v) is 4.02. The molecule has 0 aromatic heterocycles. The second kappa shape index (κ2) is 6.69. The minimum absolute atomic E-state index is 0.0890. The van der Waals surface area contributed by atoms with Crippen LogP contribution in [0.1, 0.15) is 19.4 Å². The molecule has 0 aliphatic rings. The summed E-state index contributed by atoms with van der Waals surface area (Å²) in [6.45, 7) is 3.91. The van der Waals surface area contributed by atoms with E-state index in [1.165, 1.54) is 6.08 Å². The van der Waals surface area contributed by atoms with E-state index in [0.29, 0.717) is 11.5 Å². The number of hydrogen-bond donors (Lipinski definition) is 1. The average molecular weight is 249 g/mol. The number of carbonyl (C=O) groups is 1. The van der Waals surface area contributed by atoms with E-state index in [4.69, 9.17) is 9.47 Å². The van der Waals surface area contributed by atoms with Gasteiger partial charge in [0.2, 0.25) is 5.91 Å². The molecular weight excluding hydrogens is 230 g/mol. The summed E-state index contributed by atoms with van der Waals surface area (Å²) in [5.41, 5.74) is 0.881. The summed E-state index contributed by atoms with van der Waals surface area (Å²) >= 11 is 0. The van der Waals surface area contributed by atoms with E-state index >= 15 is 0 Å². The molecule has 1 aromatic rings. The first-order chi connectivity index (χ1) is 8.56. The van der Waals surface area contributed by atoms with E-state index in [1.807, 2.05) is 32.0 Å². The molecule has 1 amide bonds. The third kappa shape index (κ3) is 4.13. The lowest BCUT2D eigenvalue weighted by atomic mass is 10.2. The summed E-state index contributed by atoms with van der Waals surface area (Å²) in [7, 11) is 3.18. The van der Waals surface area contributed by atoms with Gasteiger partial charge in [0.15, 0.2) is 11.5 Å². The molecule has 4 nitrogen and oxygen atoms in total. The van der Waals surface area contributed by atoms with Crippen molar-refractivity contribution in [2.75, 3.05) is 14.2 Å². The summed E-state index contributed by atoms with van der Waals surface area (Å²) in [4.78, 5) is 11.1. The summed E-state index contributed by atoms with van der Waals surface area (Å²) in [5.74, 6) is 1.21. The maximum Gasteiger partial charge on any atom is 0.243 e. The van der Waals surface area contributed by atoms with Crippen molar-refractivity contribution in [3.8, 4) is 11.5 Å². The summed E-state index contributed by atoms with van der Waals surface area (Å²) in [6.07, 6.45) is 3.28. The zero-order valence-corrected chi connectivity index (χ0v) is 11.2. The Labute approximate surface area is 108 Å². The fraction of sp³-hybridized carbons (Fsp3) is 0.357. The molecule has 1 rings (SSSR count). The number of methoxy groups -OCH3 is 1. The molecule has 0 radical (unpaired) electrons. The van der Waals surface area contributed by atoms with Gasteiger partial charge >= 0.3 is 0 Å². The molecule has 0 atom stereocenters. The van der Waals surface area contributed by atoms with Crippen molar-refractivity contribution in [3.05, 3.63) is 29.8 Å². The van der Waals surface area contributed by atoms with Crippen LogP contribution >= 0.6 is 0 Å². The smallest absolute Gasteiger partial charge is 0.243 e. The summed E-state index contributed by atoms with van der Waals surface area (Å²) in [6, 6.07) is 5.54. The number of amides is 1. The lowest BCUT2D eigenvalue weighted by molar-refractivity contribution is -0.115. The molecule has 0 saturated carbocycles. The molecule has 4 heteroatoms.